The summed E-state index contributed by atoms with van der Waals surface area (Å²) >= 11 is 5.75. The number of aromatic nitrogens is 2. The van der Waals surface area contributed by atoms with Crippen LogP contribution in [0.5, 0.6) is 0 Å². The third-order valence-corrected chi connectivity index (χ3v) is 4.13. The van der Waals surface area contributed by atoms with Crippen LogP contribution in [0.3, 0.4) is 0 Å². The number of nitrogens with two attached hydrogens (primary N) is 1. The third kappa shape index (κ3) is 2.53. The Morgan fingerprint density at radius 3 is 2.50 bits per heavy atom. The van der Waals surface area contributed by atoms with Crippen molar-refractivity contribution in [3.63, 3.8) is 0 Å². The van der Waals surface area contributed by atoms with Crippen LogP contribution in [0, 0.1) is 0 Å². The molecule has 88 valence electrons. The number of hydrogen-bond donors (Lipinski definition) is 1. The Labute approximate surface area is 98.4 Å². The second-order valence-corrected chi connectivity index (χ2v) is 6.25. The molecule has 1 fully saturated rings. The molecular weight excluding hydrogens is 252 g/mol. The summed E-state index contributed by atoms with van der Waals surface area (Å²) in [5.74, 6) is 0.897. The zero-order valence-corrected chi connectivity index (χ0v) is 10.00. The highest BCUT2D eigenvalue weighted by Gasteiger charge is 2.23. The van der Waals surface area contributed by atoms with E-state index in [0.717, 1.165) is 0 Å². The van der Waals surface area contributed by atoms with Gasteiger partial charge in [0.05, 0.1) is 11.5 Å². The van der Waals surface area contributed by atoms with Gasteiger partial charge in [0.25, 0.3) is 0 Å². The highest BCUT2D eigenvalue weighted by Crippen LogP contribution is 2.17. The standard InChI is InChI=1S/C8H11ClN4O2S/c9-6-5-7(10)12-8(11-6)13-1-3-16(14,15)4-2-13/h5H,1-4H2,(H2,10,11,12). The minimum atomic E-state index is -2.91. The second kappa shape index (κ2) is 4.06. The predicted octanol–water partition coefficient (Wildman–Crippen LogP) is -0.0530. The molecule has 1 aromatic rings. The molecule has 0 aromatic carbocycles. The van der Waals surface area contributed by atoms with E-state index in [2.05, 4.69) is 9.97 Å². The van der Waals surface area contributed by atoms with Crippen molar-refractivity contribution in [3.8, 4) is 0 Å². The zero-order valence-electron chi connectivity index (χ0n) is 8.43. The first-order valence-electron chi connectivity index (χ1n) is 4.72. The lowest BCUT2D eigenvalue weighted by Gasteiger charge is -2.26. The van der Waals surface area contributed by atoms with Crippen molar-refractivity contribution < 1.29 is 8.42 Å². The molecule has 2 heterocycles. The van der Waals surface area contributed by atoms with Crippen LogP contribution in [0.15, 0.2) is 6.07 Å². The van der Waals surface area contributed by atoms with Gasteiger partial charge < -0.3 is 10.6 Å². The van der Waals surface area contributed by atoms with Crippen LogP contribution in [0.25, 0.3) is 0 Å². The van der Waals surface area contributed by atoms with Crippen LogP contribution in [0.1, 0.15) is 0 Å². The number of hydrogen-bond acceptors (Lipinski definition) is 6. The van der Waals surface area contributed by atoms with Gasteiger partial charge >= 0.3 is 0 Å². The van der Waals surface area contributed by atoms with E-state index in [0.29, 0.717) is 19.0 Å². The first-order chi connectivity index (χ1) is 7.46. The van der Waals surface area contributed by atoms with Crippen molar-refractivity contribution in [1.29, 1.82) is 0 Å². The monoisotopic (exact) mass is 262 g/mol. The van der Waals surface area contributed by atoms with E-state index in [4.69, 9.17) is 17.3 Å². The van der Waals surface area contributed by atoms with Gasteiger partial charge in [-0.25, -0.2) is 13.4 Å². The number of anilines is 2. The minimum absolute atomic E-state index is 0.114. The quantitative estimate of drug-likeness (QED) is 0.714. The number of nitrogens with zero attached hydrogens (tertiary/aromatic N) is 3. The van der Waals surface area contributed by atoms with Crippen LogP contribution in [0.2, 0.25) is 5.15 Å². The topological polar surface area (TPSA) is 89.2 Å². The van der Waals surface area contributed by atoms with Gasteiger partial charge in [-0.1, -0.05) is 11.6 Å². The van der Waals surface area contributed by atoms with E-state index in [9.17, 15) is 8.42 Å². The number of nitrogen functional groups attached to an aromatic ring is 1. The summed E-state index contributed by atoms with van der Waals surface area (Å²) in [7, 11) is -2.91. The molecule has 0 aliphatic carbocycles. The lowest BCUT2D eigenvalue weighted by Crippen LogP contribution is -2.41. The molecule has 0 radical (unpaired) electrons. The van der Waals surface area contributed by atoms with Crippen molar-refractivity contribution in [2.24, 2.45) is 0 Å². The van der Waals surface area contributed by atoms with Gasteiger partial charge in [-0.15, -0.1) is 0 Å². The van der Waals surface area contributed by atoms with Crippen LogP contribution in [0.4, 0.5) is 11.8 Å². The maximum atomic E-state index is 11.2. The molecule has 16 heavy (non-hydrogen) atoms. The summed E-state index contributed by atoms with van der Waals surface area (Å²) in [6.07, 6.45) is 0. The normalized spacial score (nSPS) is 19.7. The van der Waals surface area contributed by atoms with E-state index in [1.54, 1.807) is 4.90 Å². The van der Waals surface area contributed by atoms with Crippen LogP contribution < -0.4 is 10.6 Å². The largest absolute Gasteiger partial charge is 0.383 e. The average molecular weight is 263 g/mol. The molecule has 1 aromatic heterocycles. The van der Waals surface area contributed by atoms with Gasteiger partial charge in [-0.2, -0.15) is 4.98 Å². The van der Waals surface area contributed by atoms with E-state index >= 15 is 0 Å². The van der Waals surface area contributed by atoms with Crippen LogP contribution in [-0.4, -0.2) is 43.0 Å². The van der Waals surface area contributed by atoms with E-state index in [-0.39, 0.29) is 22.5 Å². The Bertz CT molecular complexity index is 471. The van der Waals surface area contributed by atoms with E-state index in [1.165, 1.54) is 6.07 Å². The van der Waals surface area contributed by atoms with Gasteiger partial charge in [0.15, 0.2) is 9.84 Å². The fourth-order valence-electron chi connectivity index (χ4n) is 1.48. The molecule has 0 unspecified atom stereocenters. The van der Waals surface area contributed by atoms with Crippen molar-refractivity contribution in [1.82, 2.24) is 9.97 Å². The average Bonchev–Trinajstić information content (AvgIpc) is 2.15. The third-order valence-electron chi connectivity index (χ3n) is 2.33. The number of sulfone groups is 1. The van der Waals surface area contributed by atoms with Crippen molar-refractivity contribution in [3.05, 3.63) is 11.2 Å². The highest BCUT2D eigenvalue weighted by molar-refractivity contribution is 7.91. The fraction of sp³-hybridized carbons (Fsp3) is 0.500. The summed E-state index contributed by atoms with van der Waals surface area (Å²) < 4.78 is 22.5. The van der Waals surface area contributed by atoms with Gasteiger partial charge in [0.2, 0.25) is 5.95 Å². The number of halogens is 1. The molecule has 6 nitrogen and oxygen atoms in total. The van der Waals surface area contributed by atoms with Crippen molar-refractivity contribution in [2.45, 2.75) is 0 Å². The molecule has 0 bridgehead atoms. The van der Waals surface area contributed by atoms with Gasteiger partial charge in [-0.05, 0) is 0 Å². The van der Waals surface area contributed by atoms with Gasteiger partial charge in [-0.3, -0.25) is 0 Å². The molecule has 0 saturated carbocycles. The lowest BCUT2D eigenvalue weighted by atomic mass is 10.5. The first-order valence-corrected chi connectivity index (χ1v) is 6.92. The molecule has 8 heteroatoms. The van der Waals surface area contributed by atoms with Crippen LogP contribution in [-0.2, 0) is 9.84 Å². The molecule has 1 aliphatic heterocycles. The molecule has 0 spiro atoms. The van der Waals surface area contributed by atoms with Gasteiger partial charge in [0.1, 0.15) is 11.0 Å². The molecule has 1 saturated heterocycles. The predicted molar refractivity (Wildman–Crippen MR) is 62.3 cm³/mol. The smallest absolute Gasteiger partial charge is 0.228 e. The second-order valence-electron chi connectivity index (χ2n) is 3.55. The van der Waals surface area contributed by atoms with E-state index in [1.807, 2.05) is 0 Å². The Balaban J connectivity index is 2.20. The fourth-order valence-corrected chi connectivity index (χ4v) is 2.87. The highest BCUT2D eigenvalue weighted by atomic mass is 35.5. The van der Waals surface area contributed by atoms with Crippen molar-refractivity contribution in [2.75, 3.05) is 35.2 Å². The molecule has 0 amide bonds. The zero-order chi connectivity index (χ0) is 11.8. The Morgan fingerprint density at radius 2 is 1.94 bits per heavy atom. The maximum Gasteiger partial charge on any atom is 0.228 e. The molecule has 1 aliphatic rings. The lowest BCUT2D eigenvalue weighted by molar-refractivity contribution is 0.585. The summed E-state index contributed by atoms with van der Waals surface area (Å²) in [6.45, 7) is 0.754. The molecule has 0 atom stereocenters. The minimum Gasteiger partial charge on any atom is -0.383 e. The Kier molecular flexibility index (Phi) is 2.90. The summed E-state index contributed by atoms with van der Waals surface area (Å²) in [5, 5.41) is 0.260. The maximum absolute atomic E-state index is 11.2. The van der Waals surface area contributed by atoms with Crippen LogP contribution >= 0.6 is 11.6 Å². The SMILES string of the molecule is Nc1cc(Cl)nc(N2CCS(=O)(=O)CC2)n1. The van der Waals surface area contributed by atoms with E-state index < -0.39 is 9.84 Å². The van der Waals surface area contributed by atoms with Crippen molar-refractivity contribution >= 4 is 33.2 Å². The number of rotatable bonds is 1. The Morgan fingerprint density at radius 1 is 1.31 bits per heavy atom. The molecular formula is C8H11ClN4O2S. The summed E-state index contributed by atoms with van der Waals surface area (Å²) in [5.41, 5.74) is 5.54. The summed E-state index contributed by atoms with van der Waals surface area (Å²) in [4.78, 5) is 9.80. The molecule has 2 rings (SSSR count). The Hall–Kier alpha value is -1.08. The van der Waals surface area contributed by atoms with Gasteiger partial charge in [0, 0.05) is 19.2 Å². The summed E-state index contributed by atoms with van der Waals surface area (Å²) in [6, 6.07) is 1.45. The molecule has 2 N–H and O–H groups in total. The first kappa shape index (κ1) is 11.4.